The van der Waals surface area contributed by atoms with E-state index in [0.29, 0.717) is 11.3 Å². The molecule has 0 heterocycles. The first-order valence-corrected chi connectivity index (χ1v) is 7.16. The number of benzene rings is 2. The van der Waals surface area contributed by atoms with Gasteiger partial charge in [-0.3, -0.25) is 4.79 Å². The second kappa shape index (κ2) is 8.78. The summed E-state index contributed by atoms with van der Waals surface area (Å²) in [5.74, 6) is -1.69. The summed E-state index contributed by atoms with van der Waals surface area (Å²) in [6.07, 6.45) is 0. The normalized spacial score (nSPS) is 9.83. The molecular weight excluding hydrogens is 331 g/mol. The van der Waals surface area contributed by atoms with Gasteiger partial charge in [0.15, 0.2) is 5.78 Å². The molecule has 5 nitrogen and oxygen atoms in total. The van der Waals surface area contributed by atoms with Gasteiger partial charge in [0.05, 0.1) is 5.97 Å². The molecule has 0 aliphatic carbocycles. The van der Waals surface area contributed by atoms with E-state index in [1.54, 1.807) is 37.2 Å². The Balaban J connectivity index is 0.00000288. The van der Waals surface area contributed by atoms with Crippen LogP contribution in [-0.2, 0) is 0 Å². The quantitative estimate of drug-likeness (QED) is 0.481. The Morgan fingerprint density at radius 3 is 1.75 bits per heavy atom. The molecule has 0 unspecified atom stereocenters. The van der Waals surface area contributed by atoms with Crippen LogP contribution in [0.1, 0.15) is 26.3 Å². The Morgan fingerprint density at radius 2 is 1.29 bits per heavy atom. The SMILES string of the molecule is CN(C)c1ccc(C(=O)c2ccc(N(C)C)cc2C(=O)[O-])cc1.[K+]. The number of carboxylic acid groups (broad SMARTS) is 1. The van der Waals surface area contributed by atoms with Crippen LogP contribution in [0.4, 0.5) is 11.4 Å². The van der Waals surface area contributed by atoms with Crippen LogP contribution in [0.5, 0.6) is 0 Å². The molecule has 0 atom stereocenters. The molecular formula is C18H19KN2O3. The second-order valence-corrected chi connectivity index (χ2v) is 5.68. The van der Waals surface area contributed by atoms with Gasteiger partial charge < -0.3 is 19.7 Å². The number of aromatic carboxylic acids is 1. The Kier molecular flexibility index (Phi) is 7.63. The van der Waals surface area contributed by atoms with Gasteiger partial charge in [0.2, 0.25) is 0 Å². The molecule has 0 fully saturated rings. The first kappa shape index (κ1) is 20.9. The fourth-order valence-electron chi connectivity index (χ4n) is 2.24. The van der Waals surface area contributed by atoms with Crippen molar-refractivity contribution in [1.29, 1.82) is 0 Å². The third-order valence-electron chi connectivity index (χ3n) is 3.63. The molecule has 24 heavy (non-hydrogen) atoms. The van der Waals surface area contributed by atoms with Gasteiger partial charge in [-0.15, -0.1) is 0 Å². The molecule has 0 aliphatic rings. The first-order chi connectivity index (χ1) is 10.8. The molecule has 0 bridgehead atoms. The van der Waals surface area contributed by atoms with E-state index in [2.05, 4.69) is 0 Å². The number of nitrogens with zero attached hydrogens (tertiary/aromatic N) is 2. The zero-order chi connectivity index (χ0) is 17.1. The number of hydrogen-bond acceptors (Lipinski definition) is 5. The monoisotopic (exact) mass is 350 g/mol. The molecule has 120 valence electrons. The van der Waals surface area contributed by atoms with Crippen LogP contribution in [0.3, 0.4) is 0 Å². The largest absolute Gasteiger partial charge is 1.00 e. The summed E-state index contributed by atoms with van der Waals surface area (Å²) >= 11 is 0. The maximum absolute atomic E-state index is 12.6. The minimum Gasteiger partial charge on any atom is -0.545 e. The Hall–Kier alpha value is -1.18. The van der Waals surface area contributed by atoms with Gasteiger partial charge in [0, 0.05) is 56.3 Å². The summed E-state index contributed by atoms with van der Waals surface area (Å²) in [7, 11) is 7.42. The summed E-state index contributed by atoms with van der Waals surface area (Å²) < 4.78 is 0. The van der Waals surface area contributed by atoms with Crippen LogP contribution in [0.25, 0.3) is 0 Å². The van der Waals surface area contributed by atoms with Gasteiger partial charge in [0.25, 0.3) is 0 Å². The van der Waals surface area contributed by atoms with Crippen LogP contribution in [0, 0.1) is 0 Å². The summed E-state index contributed by atoms with van der Waals surface area (Å²) in [5, 5.41) is 11.4. The van der Waals surface area contributed by atoms with Crippen LogP contribution >= 0.6 is 0 Å². The molecule has 0 aliphatic heterocycles. The average Bonchev–Trinajstić information content (AvgIpc) is 2.53. The van der Waals surface area contributed by atoms with E-state index in [0.717, 1.165) is 5.69 Å². The molecule has 0 aromatic heterocycles. The molecule has 2 aromatic carbocycles. The van der Waals surface area contributed by atoms with Gasteiger partial charge in [0.1, 0.15) is 0 Å². The van der Waals surface area contributed by atoms with E-state index in [4.69, 9.17) is 0 Å². The molecule has 0 saturated carbocycles. The topological polar surface area (TPSA) is 63.7 Å². The van der Waals surface area contributed by atoms with Crippen molar-refractivity contribution in [1.82, 2.24) is 0 Å². The Bertz CT molecular complexity index is 740. The van der Waals surface area contributed by atoms with Crippen LogP contribution in [0.15, 0.2) is 42.5 Å². The molecule has 2 rings (SSSR count). The van der Waals surface area contributed by atoms with E-state index in [-0.39, 0.29) is 68.3 Å². The van der Waals surface area contributed by atoms with E-state index < -0.39 is 5.97 Å². The van der Waals surface area contributed by atoms with Crippen molar-refractivity contribution < 1.29 is 66.1 Å². The number of ketones is 1. The van der Waals surface area contributed by atoms with E-state index in [1.165, 1.54) is 12.1 Å². The van der Waals surface area contributed by atoms with E-state index in [1.807, 2.05) is 31.1 Å². The Labute approximate surface area is 184 Å². The fraction of sp³-hybridized carbons (Fsp3) is 0.222. The third kappa shape index (κ3) is 4.67. The minimum atomic E-state index is -1.36. The number of rotatable bonds is 5. The van der Waals surface area contributed by atoms with Gasteiger partial charge in [-0.05, 0) is 42.5 Å². The van der Waals surface area contributed by atoms with Crippen molar-refractivity contribution in [2.24, 2.45) is 0 Å². The molecule has 0 radical (unpaired) electrons. The van der Waals surface area contributed by atoms with Crippen LogP contribution < -0.4 is 66.3 Å². The number of anilines is 2. The van der Waals surface area contributed by atoms with Crippen molar-refractivity contribution in [2.75, 3.05) is 38.0 Å². The zero-order valence-electron chi connectivity index (χ0n) is 14.7. The van der Waals surface area contributed by atoms with Crippen molar-refractivity contribution >= 4 is 23.1 Å². The maximum Gasteiger partial charge on any atom is 1.00 e. The zero-order valence-corrected chi connectivity index (χ0v) is 17.8. The van der Waals surface area contributed by atoms with Crippen LogP contribution in [-0.4, -0.2) is 39.9 Å². The molecule has 6 heteroatoms. The fourth-order valence-corrected chi connectivity index (χ4v) is 2.24. The van der Waals surface area contributed by atoms with Gasteiger partial charge in [-0.1, -0.05) is 0 Å². The van der Waals surface area contributed by atoms with Gasteiger partial charge >= 0.3 is 51.4 Å². The average molecular weight is 350 g/mol. The van der Waals surface area contributed by atoms with Crippen LogP contribution in [0.2, 0.25) is 0 Å². The number of hydrogen-bond donors (Lipinski definition) is 0. The number of carbonyl (C=O) groups is 2. The maximum atomic E-state index is 12.6. The summed E-state index contributed by atoms with van der Waals surface area (Å²) in [6, 6.07) is 11.7. The number of carboxylic acids is 1. The van der Waals surface area contributed by atoms with Gasteiger partial charge in [-0.25, -0.2) is 0 Å². The van der Waals surface area contributed by atoms with E-state index in [9.17, 15) is 14.7 Å². The molecule has 0 amide bonds. The van der Waals surface area contributed by atoms with Crippen molar-refractivity contribution in [3.8, 4) is 0 Å². The van der Waals surface area contributed by atoms with Gasteiger partial charge in [-0.2, -0.15) is 0 Å². The molecule has 0 saturated heterocycles. The Morgan fingerprint density at radius 1 is 0.792 bits per heavy atom. The summed E-state index contributed by atoms with van der Waals surface area (Å²) in [4.78, 5) is 27.7. The number of carbonyl (C=O) groups excluding carboxylic acids is 2. The molecule has 0 N–H and O–H groups in total. The van der Waals surface area contributed by atoms with Crippen molar-refractivity contribution in [3.63, 3.8) is 0 Å². The predicted molar refractivity (Wildman–Crippen MR) is 89.3 cm³/mol. The standard InChI is InChI=1S/C18H20N2O3.K/c1-19(2)13-7-5-12(6-8-13)17(21)15-10-9-14(20(3)4)11-16(15)18(22)23;/h5-11H,1-4H3,(H,22,23);/q;+1/p-1. The summed E-state index contributed by atoms with van der Waals surface area (Å²) in [5.41, 5.74) is 2.13. The smallest absolute Gasteiger partial charge is 0.545 e. The molecule has 2 aromatic rings. The molecule has 0 spiro atoms. The van der Waals surface area contributed by atoms with Crippen molar-refractivity contribution in [2.45, 2.75) is 0 Å². The summed E-state index contributed by atoms with van der Waals surface area (Å²) in [6.45, 7) is 0. The third-order valence-corrected chi connectivity index (χ3v) is 3.63. The first-order valence-electron chi connectivity index (χ1n) is 7.16. The van der Waals surface area contributed by atoms with Crippen molar-refractivity contribution in [3.05, 3.63) is 59.2 Å². The van der Waals surface area contributed by atoms with E-state index >= 15 is 0 Å². The minimum absolute atomic E-state index is 0. The second-order valence-electron chi connectivity index (χ2n) is 5.68. The predicted octanol–water partition coefficient (Wildman–Crippen LogP) is -1.58.